The summed E-state index contributed by atoms with van der Waals surface area (Å²) in [6.45, 7) is 3.99. The Morgan fingerprint density at radius 3 is 2.21 bits per heavy atom. The lowest BCUT2D eigenvalue weighted by Gasteiger charge is -2.56. The topological polar surface area (TPSA) is 45.6 Å². The van der Waals surface area contributed by atoms with E-state index >= 15 is 0 Å². The highest BCUT2D eigenvalue weighted by Gasteiger charge is 2.55. The van der Waals surface area contributed by atoms with E-state index in [4.69, 9.17) is 0 Å². The molecule has 0 saturated heterocycles. The van der Waals surface area contributed by atoms with Crippen LogP contribution in [0, 0.1) is 29.0 Å². The van der Waals surface area contributed by atoms with Crippen molar-refractivity contribution in [2.45, 2.75) is 96.7 Å². The quantitative estimate of drug-likeness (QED) is 0.374. The van der Waals surface area contributed by atoms with Crippen molar-refractivity contribution in [3.63, 3.8) is 0 Å². The third-order valence-corrected chi connectivity index (χ3v) is 10.3. The molecule has 6 heteroatoms. The van der Waals surface area contributed by atoms with Crippen molar-refractivity contribution < 1.29 is 14.0 Å². The van der Waals surface area contributed by atoms with Crippen molar-refractivity contribution in [3.8, 4) is 0 Å². The van der Waals surface area contributed by atoms with Gasteiger partial charge < -0.3 is 14.4 Å². The molecule has 210 valence electrons. The van der Waals surface area contributed by atoms with Gasteiger partial charge in [0, 0.05) is 31.0 Å². The minimum atomic E-state index is -0.232. The second kappa shape index (κ2) is 11.1. The number of halogens is 1. The van der Waals surface area contributed by atoms with Crippen LogP contribution in [-0.2, 0) is 22.7 Å². The second-order valence-corrected chi connectivity index (χ2v) is 13.1. The summed E-state index contributed by atoms with van der Waals surface area (Å²) < 4.78 is 15.6. The van der Waals surface area contributed by atoms with Crippen molar-refractivity contribution in [1.29, 1.82) is 0 Å². The van der Waals surface area contributed by atoms with Gasteiger partial charge in [0.1, 0.15) is 5.82 Å². The van der Waals surface area contributed by atoms with Gasteiger partial charge in [-0.2, -0.15) is 0 Å². The summed E-state index contributed by atoms with van der Waals surface area (Å²) in [5.74, 6) is 2.23. The number of carbonyl (C=O) groups is 2. The lowest BCUT2D eigenvalue weighted by Crippen LogP contribution is -2.56. The molecule has 5 nitrogen and oxygen atoms in total. The van der Waals surface area contributed by atoms with E-state index < -0.39 is 0 Å². The maximum absolute atomic E-state index is 14.1. The van der Waals surface area contributed by atoms with E-state index in [2.05, 4.69) is 15.5 Å². The first-order valence-electron chi connectivity index (χ1n) is 15.4. The minimum Gasteiger partial charge on any atom is -0.345 e. The number of hydrogen-bond acceptors (Lipinski definition) is 2. The molecule has 5 aliphatic carbocycles. The van der Waals surface area contributed by atoms with Crippen LogP contribution in [0.3, 0.4) is 0 Å². The first-order chi connectivity index (χ1) is 18.9. The Labute approximate surface area is 232 Å². The van der Waals surface area contributed by atoms with Crippen LogP contribution in [0.15, 0.2) is 42.6 Å². The number of nitrogens with zero attached hydrogens (tertiary/aromatic N) is 3. The smallest absolute Gasteiger partial charge is 0.242 e. The Balaban J connectivity index is 1.19. The van der Waals surface area contributed by atoms with Crippen molar-refractivity contribution in [2.75, 3.05) is 13.1 Å². The number of carbonyl (C=O) groups excluding carboxylic acids is 2. The fraction of sp³-hybridized carbons (Fsp3) is 0.636. The van der Waals surface area contributed by atoms with E-state index in [1.807, 2.05) is 36.2 Å². The van der Waals surface area contributed by atoms with E-state index in [0.29, 0.717) is 37.4 Å². The van der Waals surface area contributed by atoms with Crippen LogP contribution < -0.4 is 0 Å². The van der Waals surface area contributed by atoms with Crippen molar-refractivity contribution in [2.24, 2.45) is 23.2 Å². The molecule has 5 fully saturated rings. The standard InChI is InChI=1S/C33H44FN3O2/c1-2-35(32(39)33-18-25-15-26(19-33)17-27(16-25)20-33)23-31(38)37(29-7-4-3-5-8-29)22-30-9-6-14-36(30)21-24-10-12-28(34)13-11-24/h6,9-14,25-27,29H,2-5,7-8,15-23H2,1H3. The fourth-order valence-corrected chi connectivity index (χ4v) is 8.81. The Kier molecular flexibility index (Phi) is 7.56. The monoisotopic (exact) mass is 533 g/mol. The van der Waals surface area contributed by atoms with Crippen LogP contribution in [-0.4, -0.2) is 45.3 Å². The zero-order valence-electron chi connectivity index (χ0n) is 23.5. The largest absolute Gasteiger partial charge is 0.345 e. The lowest BCUT2D eigenvalue weighted by atomic mass is 9.49. The number of amides is 2. The molecule has 0 unspecified atom stereocenters. The molecule has 5 aliphatic rings. The molecular weight excluding hydrogens is 489 g/mol. The predicted octanol–water partition coefficient (Wildman–Crippen LogP) is 6.40. The molecule has 39 heavy (non-hydrogen) atoms. The average molecular weight is 534 g/mol. The summed E-state index contributed by atoms with van der Waals surface area (Å²) in [6, 6.07) is 11.0. The Bertz CT molecular complexity index is 1130. The number of hydrogen-bond donors (Lipinski definition) is 0. The van der Waals surface area contributed by atoms with E-state index in [1.165, 1.54) is 37.8 Å². The minimum absolute atomic E-state index is 0.0800. The third-order valence-electron chi connectivity index (χ3n) is 10.3. The number of likely N-dealkylation sites (N-methyl/N-ethyl adjacent to an activating group) is 1. The second-order valence-electron chi connectivity index (χ2n) is 13.1. The van der Waals surface area contributed by atoms with Gasteiger partial charge in [-0.25, -0.2) is 4.39 Å². The van der Waals surface area contributed by atoms with Crippen LogP contribution in [0.4, 0.5) is 4.39 Å². The Morgan fingerprint density at radius 1 is 0.949 bits per heavy atom. The van der Waals surface area contributed by atoms with Crippen LogP contribution in [0.25, 0.3) is 0 Å². The maximum Gasteiger partial charge on any atom is 0.242 e. The summed E-state index contributed by atoms with van der Waals surface area (Å²) in [7, 11) is 0. The predicted molar refractivity (Wildman–Crippen MR) is 150 cm³/mol. The summed E-state index contributed by atoms with van der Waals surface area (Å²) in [5.41, 5.74) is 1.89. The zero-order valence-corrected chi connectivity index (χ0v) is 23.5. The van der Waals surface area contributed by atoms with E-state index in [1.54, 1.807) is 0 Å². The van der Waals surface area contributed by atoms with E-state index in [9.17, 15) is 14.0 Å². The first-order valence-corrected chi connectivity index (χ1v) is 15.4. The molecule has 1 heterocycles. The summed E-state index contributed by atoms with van der Waals surface area (Å²) in [5, 5.41) is 0. The van der Waals surface area contributed by atoms with Gasteiger partial charge in [0.05, 0.1) is 18.5 Å². The molecule has 5 saturated carbocycles. The van der Waals surface area contributed by atoms with Gasteiger partial charge in [0.2, 0.25) is 11.8 Å². The molecule has 1 aromatic carbocycles. The molecular formula is C33H44FN3O2. The zero-order chi connectivity index (χ0) is 27.0. The van der Waals surface area contributed by atoms with Crippen LogP contribution in [0.1, 0.15) is 88.8 Å². The van der Waals surface area contributed by atoms with E-state index in [-0.39, 0.29) is 35.6 Å². The molecule has 0 aliphatic heterocycles. The molecule has 2 amide bonds. The molecule has 1 aromatic heterocycles. The lowest BCUT2D eigenvalue weighted by molar-refractivity contribution is -0.160. The van der Waals surface area contributed by atoms with Gasteiger partial charge in [0.15, 0.2) is 0 Å². The van der Waals surface area contributed by atoms with Gasteiger partial charge in [-0.15, -0.1) is 0 Å². The van der Waals surface area contributed by atoms with Crippen LogP contribution >= 0.6 is 0 Å². The summed E-state index contributed by atoms with van der Waals surface area (Å²) in [4.78, 5) is 32.1. The van der Waals surface area contributed by atoms with Gasteiger partial charge in [-0.1, -0.05) is 31.4 Å². The number of benzene rings is 1. The molecule has 0 spiro atoms. The van der Waals surface area contributed by atoms with Gasteiger partial charge in [-0.3, -0.25) is 9.59 Å². The maximum atomic E-state index is 14.1. The Hall–Kier alpha value is -2.63. The summed E-state index contributed by atoms with van der Waals surface area (Å²) >= 11 is 0. The number of aromatic nitrogens is 1. The van der Waals surface area contributed by atoms with Crippen molar-refractivity contribution in [3.05, 3.63) is 59.7 Å². The van der Waals surface area contributed by atoms with E-state index in [0.717, 1.165) is 56.2 Å². The normalized spacial score (nSPS) is 28.0. The molecule has 4 bridgehead atoms. The van der Waals surface area contributed by atoms with Crippen LogP contribution in [0.5, 0.6) is 0 Å². The molecule has 0 N–H and O–H groups in total. The molecule has 0 atom stereocenters. The number of rotatable bonds is 9. The van der Waals surface area contributed by atoms with Gasteiger partial charge in [-0.05, 0) is 106 Å². The molecule has 7 rings (SSSR count). The fourth-order valence-electron chi connectivity index (χ4n) is 8.81. The first kappa shape index (κ1) is 26.6. The molecule has 0 radical (unpaired) electrons. The third kappa shape index (κ3) is 5.53. The van der Waals surface area contributed by atoms with Gasteiger partial charge in [0.25, 0.3) is 0 Å². The van der Waals surface area contributed by atoms with Crippen molar-refractivity contribution >= 4 is 11.8 Å². The molecule has 2 aromatic rings. The average Bonchev–Trinajstić information content (AvgIpc) is 3.37. The summed E-state index contributed by atoms with van der Waals surface area (Å²) in [6.07, 6.45) is 14.6. The van der Waals surface area contributed by atoms with Crippen molar-refractivity contribution in [1.82, 2.24) is 14.4 Å². The van der Waals surface area contributed by atoms with Gasteiger partial charge >= 0.3 is 0 Å². The van der Waals surface area contributed by atoms with Crippen LogP contribution in [0.2, 0.25) is 0 Å². The highest BCUT2D eigenvalue weighted by atomic mass is 19.1. The Morgan fingerprint density at radius 2 is 1.59 bits per heavy atom. The highest BCUT2D eigenvalue weighted by molar-refractivity contribution is 5.88. The SMILES string of the molecule is CCN(CC(=O)N(Cc1cccn1Cc1ccc(F)cc1)C1CCCCC1)C(=O)C12CC3CC(CC(C3)C1)C2. The highest BCUT2D eigenvalue weighted by Crippen LogP contribution is 2.60.